The van der Waals surface area contributed by atoms with Crippen molar-refractivity contribution in [3.63, 3.8) is 0 Å². The van der Waals surface area contributed by atoms with Gasteiger partial charge in [0.05, 0.1) is 17.1 Å². The van der Waals surface area contributed by atoms with Crippen LogP contribution in [0.2, 0.25) is 0 Å². The van der Waals surface area contributed by atoms with Gasteiger partial charge in [-0.25, -0.2) is 0 Å². The summed E-state index contributed by atoms with van der Waals surface area (Å²) >= 11 is 0. The molecular formula is C65H63N3. The molecule has 0 aliphatic rings. The molecule has 0 unspecified atom stereocenters. The minimum Gasteiger partial charge on any atom is -0.256 e. The summed E-state index contributed by atoms with van der Waals surface area (Å²) in [6.07, 6.45) is 8.43. The van der Waals surface area contributed by atoms with E-state index in [-0.39, 0.29) is 16.2 Å². The summed E-state index contributed by atoms with van der Waals surface area (Å²) in [5.41, 5.74) is 21.6. The van der Waals surface area contributed by atoms with Crippen LogP contribution in [-0.2, 0) is 35.5 Å². The molecule has 0 saturated carbocycles. The van der Waals surface area contributed by atoms with Crippen LogP contribution in [0.25, 0.3) is 56.0 Å². The van der Waals surface area contributed by atoms with E-state index in [9.17, 15) is 0 Å². The van der Waals surface area contributed by atoms with Gasteiger partial charge in [-0.2, -0.15) is 0 Å². The van der Waals surface area contributed by atoms with Crippen molar-refractivity contribution >= 4 is 0 Å². The second-order valence-corrected chi connectivity index (χ2v) is 20.8. The number of benzene rings is 6. The van der Waals surface area contributed by atoms with Crippen molar-refractivity contribution in [2.45, 2.75) is 90.9 Å². The van der Waals surface area contributed by atoms with E-state index in [1.807, 2.05) is 42.9 Å². The fourth-order valence-corrected chi connectivity index (χ4v) is 10.3. The Morgan fingerprint density at radius 3 is 1.09 bits per heavy atom. The number of rotatable bonds is 14. The third-order valence-electron chi connectivity index (χ3n) is 14.0. The highest BCUT2D eigenvalue weighted by atomic mass is 14.7. The van der Waals surface area contributed by atoms with Crippen molar-refractivity contribution in [3.8, 4) is 56.0 Å². The topological polar surface area (TPSA) is 38.7 Å². The van der Waals surface area contributed by atoms with Gasteiger partial charge < -0.3 is 0 Å². The lowest BCUT2D eigenvalue weighted by atomic mass is 9.74. The van der Waals surface area contributed by atoms with Crippen LogP contribution in [0.4, 0.5) is 0 Å². The monoisotopic (exact) mass is 886 g/mol. The predicted octanol–water partition coefficient (Wildman–Crippen LogP) is 16.4. The molecule has 0 aliphatic carbocycles. The first-order valence-electron chi connectivity index (χ1n) is 24.1. The van der Waals surface area contributed by atoms with E-state index in [0.717, 1.165) is 53.0 Å². The molecule has 3 heteroatoms. The maximum Gasteiger partial charge on any atom is 0.0708 e. The average Bonchev–Trinajstić information content (AvgIpc) is 3.34. The molecule has 338 valence electrons. The molecule has 0 spiro atoms. The normalized spacial score (nSPS) is 12.0. The molecule has 9 aromatic rings. The quantitative estimate of drug-likeness (QED) is 0.109. The van der Waals surface area contributed by atoms with Gasteiger partial charge in [0, 0.05) is 35.3 Å². The first-order chi connectivity index (χ1) is 32.7. The number of hydrogen-bond acceptors (Lipinski definition) is 3. The van der Waals surface area contributed by atoms with E-state index in [2.05, 4.69) is 223 Å². The van der Waals surface area contributed by atoms with Gasteiger partial charge in [0.1, 0.15) is 0 Å². The third-order valence-corrected chi connectivity index (χ3v) is 14.0. The van der Waals surface area contributed by atoms with Crippen LogP contribution in [0.1, 0.15) is 86.1 Å². The average molecular weight is 886 g/mol. The number of aryl methyl sites for hydroxylation is 2. The summed E-state index contributed by atoms with van der Waals surface area (Å²) in [6.45, 7) is 18.7. The summed E-state index contributed by atoms with van der Waals surface area (Å²) < 4.78 is 0. The number of pyridine rings is 3. The zero-order valence-electron chi connectivity index (χ0n) is 41.0. The molecule has 0 N–H and O–H groups in total. The highest BCUT2D eigenvalue weighted by Gasteiger charge is 2.27. The minimum atomic E-state index is -0.119. The molecule has 0 fully saturated rings. The summed E-state index contributed by atoms with van der Waals surface area (Å²) in [7, 11) is 0. The first kappa shape index (κ1) is 45.9. The zero-order chi connectivity index (χ0) is 47.5. The summed E-state index contributed by atoms with van der Waals surface area (Å²) in [6, 6.07) is 66.4. The Balaban J connectivity index is 0.983. The van der Waals surface area contributed by atoms with Crippen molar-refractivity contribution in [2.75, 3.05) is 0 Å². The highest BCUT2D eigenvalue weighted by Crippen LogP contribution is 2.38. The Morgan fingerprint density at radius 1 is 0.309 bits per heavy atom. The molecule has 0 radical (unpaired) electrons. The molecule has 6 aromatic carbocycles. The van der Waals surface area contributed by atoms with Gasteiger partial charge in [0.2, 0.25) is 0 Å². The van der Waals surface area contributed by atoms with E-state index in [1.165, 1.54) is 66.8 Å². The first-order valence-corrected chi connectivity index (χ1v) is 24.1. The van der Waals surface area contributed by atoms with Gasteiger partial charge in [0.25, 0.3) is 0 Å². The van der Waals surface area contributed by atoms with Crippen LogP contribution < -0.4 is 0 Å². The van der Waals surface area contributed by atoms with Crippen molar-refractivity contribution < 1.29 is 0 Å². The molecule has 0 bridgehead atoms. The number of aromatic nitrogens is 3. The molecule has 3 heterocycles. The zero-order valence-corrected chi connectivity index (χ0v) is 41.0. The van der Waals surface area contributed by atoms with E-state index < -0.39 is 0 Å². The summed E-state index contributed by atoms with van der Waals surface area (Å²) in [5, 5.41) is 0. The van der Waals surface area contributed by atoms with Crippen molar-refractivity contribution in [1.29, 1.82) is 0 Å². The molecule has 0 amide bonds. The smallest absolute Gasteiger partial charge is 0.0708 e. The molecule has 0 aliphatic heterocycles. The van der Waals surface area contributed by atoms with E-state index in [4.69, 9.17) is 4.98 Å². The Bertz CT molecular complexity index is 2990. The van der Waals surface area contributed by atoms with E-state index >= 15 is 0 Å². The second-order valence-electron chi connectivity index (χ2n) is 20.8. The molecule has 68 heavy (non-hydrogen) atoms. The van der Waals surface area contributed by atoms with Gasteiger partial charge in [-0.1, -0.05) is 187 Å². The Labute approximate surface area is 405 Å². The second kappa shape index (κ2) is 19.2. The van der Waals surface area contributed by atoms with Crippen LogP contribution in [0.5, 0.6) is 0 Å². The van der Waals surface area contributed by atoms with Crippen LogP contribution in [0.3, 0.4) is 0 Å². The maximum absolute atomic E-state index is 4.87. The van der Waals surface area contributed by atoms with Crippen molar-refractivity contribution in [2.24, 2.45) is 0 Å². The lowest BCUT2D eigenvalue weighted by Crippen LogP contribution is -2.24. The molecular weight excluding hydrogens is 823 g/mol. The summed E-state index contributed by atoms with van der Waals surface area (Å²) in [4.78, 5) is 14.0. The highest BCUT2D eigenvalue weighted by molar-refractivity contribution is 5.79. The van der Waals surface area contributed by atoms with Crippen LogP contribution >= 0.6 is 0 Å². The Morgan fingerprint density at radius 2 is 0.691 bits per heavy atom. The fraction of sp³-hybridized carbons (Fsp3) is 0.215. The lowest BCUT2D eigenvalue weighted by Gasteiger charge is -2.30. The number of nitrogens with zero attached hydrogens (tertiary/aromatic N) is 3. The minimum absolute atomic E-state index is 0.0882. The molecule has 3 nitrogen and oxygen atoms in total. The van der Waals surface area contributed by atoms with E-state index in [0.29, 0.717) is 0 Å². The van der Waals surface area contributed by atoms with E-state index in [1.54, 1.807) is 0 Å². The van der Waals surface area contributed by atoms with Crippen LogP contribution in [0, 0.1) is 13.8 Å². The fourth-order valence-electron chi connectivity index (χ4n) is 10.3. The number of hydrogen-bond donors (Lipinski definition) is 0. The predicted molar refractivity (Wildman–Crippen MR) is 286 cm³/mol. The molecule has 9 rings (SSSR count). The standard InChI is InChI=1S/C65H63N3/c1-45-36-55(50-16-10-9-11-17-50)37-46(2)62(45)54-32-35-68-61(41-54)53-24-30-58(31-25-53)65(7,8)44-49-39-47(42-63(3,4)56-26-20-51(21-27-56)59-18-12-14-33-66-59)38-48(40-49)43-64(5,6)57-28-22-52(23-29-57)60-19-13-15-34-67-60/h9-41H,42-44H2,1-8H3. The maximum atomic E-state index is 4.87. The Kier molecular flexibility index (Phi) is 12.9. The van der Waals surface area contributed by atoms with Crippen molar-refractivity contribution in [1.82, 2.24) is 15.0 Å². The van der Waals surface area contributed by atoms with Crippen LogP contribution in [-0.4, -0.2) is 15.0 Å². The van der Waals surface area contributed by atoms with Gasteiger partial charge in [0.15, 0.2) is 0 Å². The van der Waals surface area contributed by atoms with Gasteiger partial charge in [-0.3, -0.25) is 15.0 Å². The Hall–Kier alpha value is -7.23. The van der Waals surface area contributed by atoms with Gasteiger partial charge in [-0.15, -0.1) is 0 Å². The SMILES string of the molecule is Cc1cc(-c2ccccc2)cc(C)c1-c1ccnc(-c2ccc(C(C)(C)Cc3cc(CC(C)(C)c4ccc(-c5ccccn5)cc4)cc(CC(C)(C)c4ccc(-c5ccccn5)cc4)c3)cc2)c1. The van der Waals surface area contributed by atoms with Gasteiger partial charge in [-0.05, 0) is 153 Å². The molecule has 3 aromatic heterocycles. The third kappa shape index (κ3) is 10.3. The van der Waals surface area contributed by atoms with Crippen molar-refractivity contribution in [3.05, 3.63) is 245 Å². The molecule has 0 atom stereocenters. The summed E-state index contributed by atoms with van der Waals surface area (Å²) in [5.74, 6) is 0. The largest absolute Gasteiger partial charge is 0.256 e. The van der Waals surface area contributed by atoms with Gasteiger partial charge >= 0.3 is 0 Å². The molecule has 0 saturated heterocycles. The lowest BCUT2D eigenvalue weighted by molar-refractivity contribution is 0.507. The van der Waals surface area contributed by atoms with Crippen LogP contribution in [0.15, 0.2) is 201 Å².